The highest BCUT2D eigenvalue weighted by Crippen LogP contribution is 2.36. The summed E-state index contributed by atoms with van der Waals surface area (Å²) in [6.45, 7) is 3.25. The molecule has 1 N–H and O–H groups in total. The van der Waals surface area contributed by atoms with Gasteiger partial charge in [0.15, 0.2) is 16.6 Å². The van der Waals surface area contributed by atoms with Crippen LogP contribution < -0.4 is 24.4 Å². The second-order valence-corrected chi connectivity index (χ2v) is 9.08. The molecule has 5 rings (SSSR count). The predicted molar refractivity (Wildman–Crippen MR) is 125 cm³/mol. The molecule has 0 aliphatic carbocycles. The number of thiazole rings is 1. The Hall–Kier alpha value is -3.59. The maximum absolute atomic E-state index is 12.9. The van der Waals surface area contributed by atoms with Crippen molar-refractivity contribution in [1.29, 1.82) is 0 Å². The van der Waals surface area contributed by atoms with Crippen LogP contribution in [-0.2, 0) is 9.59 Å². The minimum atomic E-state index is -0.459. The predicted octanol–water partition coefficient (Wildman–Crippen LogP) is 3.89. The Morgan fingerprint density at radius 2 is 1.91 bits per heavy atom. The van der Waals surface area contributed by atoms with Crippen molar-refractivity contribution in [1.82, 2.24) is 4.98 Å². The van der Waals surface area contributed by atoms with E-state index in [2.05, 4.69) is 10.3 Å². The molecule has 3 heterocycles. The number of amides is 2. The summed E-state index contributed by atoms with van der Waals surface area (Å²) in [6.07, 6.45) is 0.149. The van der Waals surface area contributed by atoms with Gasteiger partial charge in [0.1, 0.15) is 19.0 Å². The van der Waals surface area contributed by atoms with E-state index in [1.807, 2.05) is 37.3 Å². The summed E-state index contributed by atoms with van der Waals surface area (Å²) in [5.41, 5.74) is 2.47. The van der Waals surface area contributed by atoms with Crippen molar-refractivity contribution < 1.29 is 23.8 Å². The Bertz CT molecular complexity index is 1210. The van der Waals surface area contributed by atoms with Crippen LogP contribution in [0, 0.1) is 12.8 Å². The molecule has 2 amide bonds. The van der Waals surface area contributed by atoms with Gasteiger partial charge in [0.25, 0.3) is 0 Å². The van der Waals surface area contributed by atoms with Crippen LogP contribution in [0.3, 0.4) is 0 Å². The second kappa shape index (κ2) is 8.74. The lowest BCUT2D eigenvalue weighted by Crippen LogP contribution is -2.28. The van der Waals surface area contributed by atoms with Crippen LogP contribution in [0.15, 0.2) is 42.5 Å². The average molecular weight is 466 g/mol. The van der Waals surface area contributed by atoms with Crippen molar-refractivity contribution in [2.75, 3.05) is 37.1 Å². The third-order valence-electron chi connectivity index (χ3n) is 5.72. The normalized spacial score (nSPS) is 17.2. The Labute approximate surface area is 195 Å². The summed E-state index contributed by atoms with van der Waals surface area (Å²) in [5, 5.41) is 3.42. The van der Waals surface area contributed by atoms with Gasteiger partial charge in [0.2, 0.25) is 11.8 Å². The van der Waals surface area contributed by atoms with Crippen LogP contribution >= 0.6 is 11.3 Å². The third kappa shape index (κ3) is 4.23. The largest absolute Gasteiger partial charge is 0.497 e. The first-order valence-electron chi connectivity index (χ1n) is 10.6. The van der Waals surface area contributed by atoms with Crippen molar-refractivity contribution in [2.45, 2.75) is 13.3 Å². The summed E-state index contributed by atoms with van der Waals surface area (Å²) in [7, 11) is 1.62. The van der Waals surface area contributed by atoms with E-state index in [1.54, 1.807) is 24.1 Å². The van der Waals surface area contributed by atoms with Crippen molar-refractivity contribution in [2.24, 2.45) is 5.92 Å². The Morgan fingerprint density at radius 1 is 1.15 bits per heavy atom. The monoisotopic (exact) mass is 465 g/mol. The minimum absolute atomic E-state index is 0.0962. The van der Waals surface area contributed by atoms with Crippen molar-refractivity contribution >= 4 is 34.0 Å². The lowest BCUT2D eigenvalue weighted by atomic mass is 10.1. The Morgan fingerprint density at radius 3 is 2.67 bits per heavy atom. The van der Waals surface area contributed by atoms with Gasteiger partial charge in [0, 0.05) is 35.2 Å². The number of anilines is 2. The average Bonchev–Trinajstić information content (AvgIpc) is 3.41. The zero-order chi connectivity index (χ0) is 22.9. The lowest BCUT2D eigenvalue weighted by Gasteiger charge is -2.22. The number of carbonyl (C=O) groups is 2. The molecule has 2 aliphatic heterocycles. The third-order valence-corrected chi connectivity index (χ3v) is 6.61. The zero-order valence-electron chi connectivity index (χ0n) is 18.3. The minimum Gasteiger partial charge on any atom is -0.497 e. The number of rotatable bonds is 5. The highest BCUT2D eigenvalue weighted by atomic mass is 32.1. The van der Waals surface area contributed by atoms with Gasteiger partial charge in [-0.25, -0.2) is 4.98 Å². The number of aromatic nitrogens is 1. The molecule has 0 unspecified atom stereocenters. The number of carbonyl (C=O) groups excluding carboxylic acids is 2. The molecule has 2 aromatic carbocycles. The van der Waals surface area contributed by atoms with E-state index in [4.69, 9.17) is 14.2 Å². The molecule has 1 aromatic heterocycles. The van der Waals surface area contributed by atoms with E-state index in [0.29, 0.717) is 42.1 Å². The van der Waals surface area contributed by atoms with E-state index in [0.717, 1.165) is 21.9 Å². The molecule has 0 radical (unpaired) electrons. The molecule has 33 heavy (non-hydrogen) atoms. The molecule has 2 aliphatic rings. The number of benzene rings is 2. The van der Waals surface area contributed by atoms with Crippen LogP contribution in [0.4, 0.5) is 10.8 Å². The number of methoxy groups -OCH3 is 1. The van der Waals surface area contributed by atoms with Gasteiger partial charge in [-0.05, 0) is 43.3 Å². The van der Waals surface area contributed by atoms with Crippen LogP contribution in [-0.4, -0.2) is 43.7 Å². The van der Waals surface area contributed by atoms with E-state index < -0.39 is 5.92 Å². The van der Waals surface area contributed by atoms with E-state index in [-0.39, 0.29) is 18.2 Å². The molecule has 0 bridgehead atoms. The smallest absolute Gasteiger partial charge is 0.231 e. The molecule has 0 saturated carbocycles. The first-order chi connectivity index (χ1) is 16.0. The highest BCUT2D eigenvalue weighted by molar-refractivity contribution is 7.16. The first-order valence-corrected chi connectivity index (χ1v) is 11.5. The molecule has 3 aromatic rings. The van der Waals surface area contributed by atoms with Gasteiger partial charge in [-0.15, -0.1) is 11.3 Å². The van der Waals surface area contributed by atoms with Gasteiger partial charge in [-0.2, -0.15) is 0 Å². The molecule has 1 fully saturated rings. The van der Waals surface area contributed by atoms with Crippen LogP contribution in [0.1, 0.15) is 11.3 Å². The SMILES string of the molecule is COc1ccc(-c2nc(NC(=O)[C@H]3CC(=O)N(c4ccc5c(c4)OCCO5)C3)sc2C)cc1. The van der Waals surface area contributed by atoms with Gasteiger partial charge in [-0.1, -0.05) is 0 Å². The fourth-order valence-corrected chi connectivity index (χ4v) is 4.85. The summed E-state index contributed by atoms with van der Waals surface area (Å²) in [6, 6.07) is 13.0. The summed E-state index contributed by atoms with van der Waals surface area (Å²) in [5.74, 6) is 1.29. The number of fused-ring (bicyclic) bond motifs is 1. The maximum Gasteiger partial charge on any atom is 0.231 e. The zero-order valence-corrected chi connectivity index (χ0v) is 19.1. The first kappa shape index (κ1) is 21.3. The number of aryl methyl sites for hydroxylation is 1. The topological polar surface area (TPSA) is 90.0 Å². The number of nitrogens with one attached hydrogen (secondary N) is 1. The quantitative estimate of drug-likeness (QED) is 0.615. The fraction of sp³-hybridized carbons (Fsp3) is 0.292. The molecule has 1 atom stereocenters. The molecule has 8 nitrogen and oxygen atoms in total. The van der Waals surface area contributed by atoms with E-state index >= 15 is 0 Å². The van der Waals surface area contributed by atoms with Gasteiger partial charge >= 0.3 is 0 Å². The lowest BCUT2D eigenvalue weighted by molar-refractivity contribution is -0.122. The molecule has 1 saturated heterocycles. The summed E-state index contributed by atoms with van der Waals surface area (Å²) in [4.78, 5) is 32.8. The molecule has 170 valence electrons. The maximum atomic E-state index is 12.9. The van der Waals surface area contributed by atoms with Crippen LogP contribution in [0.25, 0.3) is 11.3 Å². The standard InChI is InChI=1S/C24H23N3O5S/c1-14-22(15-3-6-18(30-2)7-4-15)25-24(33-14)26-23(29)16-11-21(28)27(13-16)17-5-8-19-20(12-17)32-10-9-31-19/h3-8,12,16H,9-11,13H2,1-2H3,(H,25,26,29)/t16-/m0/s1. The van der Waals surface area contributed by atoms with E-state index in [9.17, 15) is 9.59 Å². The molecular formula is C24H23N3O5S. The Balaban J connectivity index is 1.27. The fourth-order valence-electron chi connectivity index (χ4n) is 4.01. The number of hydrogen-bond donors (Lipinski definition) is 1. The Kier molecular flexibility index (Phi) is 5.63. The number of ether oxygens (including phenoxy) is 3. The highest BCUT2D eigenvalue weighted by Gasteiger charge is 2.36. The van der Waals surface area contributed by atoms with Crippen molar-refractivity contribution in [3.05, 3.63) is 47.3 Å². The van der Waals surface area contributed by atoms with Crippen LogP contribution in [0.5, 0.6) is 17.2 Å². The molecular weight excluding hydrogens is 442 g/mol. The molecule has 0 spiro atoms. The van der Waals surface area contributed by atoms with Crippen molar-refractivity contribution in [3.8, 4) is 28.5 Å². The van der Waals surface area contributed by atoms with Gasteiger partial charge in [-0.3, -0.25) is 9.59 Å². The number of hydrogen-bond acceptors (Lipinski definition) is 7. The molecule has 9 heteroatoms. The van der Waals surface area contributed by atoms with Gasteiger partial charge in [0.05, 0.1) is 18.7 Å². The van der Waals surface area contributed by atoms with Gasteiger partial charge < -0.3 is 24.4 Å². The second-order valence-electron chi connectivity index (χ2n) is 7.87. The number of nitrogens with zero attached hydrogens (tertiary/aromatic N) is 2. The summed E-state index contributed by atoms with van der Waals surface area (Å²) >= 11 is 1.42. The van der Waals surface area contributed by atoms with Crippen LogP contribution in [0.2, 0.25) is 0 Å². The van der Waals surface area contributed by atoms with Crippen molar-refractivity contribution in [3.63, 3.8) is 0 Å². The summed E-state index contributed by atoms with van der Waals surface area (Å²) < 4.78 is 16.4. The van der Waals surface area contributed by atoms with E-state index in [1.165, 1.54) is 11.3 Å².